The number of carboxylic acid groups (broad SMARTS) is 2. The minimum Gasteiger partial charge on any atom is -0.481 e. The van der Waals surface area contributed by atoms with Gasteiger partial charge in [-0.3, -0.25) is 19.2 Å². The van der Waals surface area contributed by atoms with Crippen LogP contribution in [0, 0.1) is 25.7 Å². The van der Waals surface area contributed by atoms with Crippen LogP contribution in [0.5, 0.6) is 0 Å². The smallest absolute Gasteiger partial charge is 0.307 e. The Bertz CT molecular complexity index is 2520. The van der Waals surface area contributed by atoms with Crippen molar-refractivity contribution in [2.45, 2.75) is 130 Å². The van der Waals surface area contributed by atoms with Gasteiger partial charge in [0, 0.05) is 34.8 Å². The maximum Gasteiger partial charge on any atom is 0.307 e. The number of carbonyl (C=O) groups is 4. The van der Waals surface area contributed by atoms with Crippen LogP contribution in [0.25, 0.3) is 0 Å². The Hall–Kier alpha value is -6.68. The number of aryl methyl sites for hydroxylation is 6. The molecule has 0 bridgehead atoms. The first-order chi connectivity index (χ1) is 32.8. The largest absolute Gasteiger partial charge is 0.481 e. The quantitative estimate of drug-likeness (QED) is 0.0601. The van der Waals surface area contributed by atoms with E-state index in [1.165, 1.54) is 22.5 Å². The number of nitrogens with one attached hydrogen (secondary N) is 2. The number of nitrogens with zero attached hydrogens (tertiary/aromatic N) is 2. The van der Waals surface area contributed by atoms with Gasteiger partial charge in [-0.1, -0.05) is 98.8 Å². The molecule has 2 aliphatic carbocycles. The molecule has 2 aliphatic rings. The third-order valence-electron chi connectivity index (χ3n) is 14.1. The number of anilines is 2. The first-order valence-corrected chi connectivity index (χ1v) is 24.5. The SMILES string of the molecule is CCC(C)n1c(CCCc2ccccc2)ccc1C(=O)Nc1cc([C@@H]2C[C@@H]2C(=O)O)ccc1C.CCC(C)n1c(CCCc2ccccc2)ccc1C(=O)Nc1cc([C@H]2C[C@H]2C(=O)O)ccc1C. The van der Waals surface area contributed by atoms with Crippen molar-refractivity contribution in [3.05, 3.63) is 177 Å². The zero-order valence-corrected chi connectivity index (χ0v) is 40.5. The highest BCUT2D eigenvalue weighted by Gasteiger charge is 2.45. The number of benzene rings is 4. The lowest BCUT2D eigenvalue weighted by Gasteiger charge is -2.20. The zero-order chi connectivity index (χ0) is 48.5. The number of aliphatic carboxylic acids is 2. The van der Waals surface area contributed by atoms with Gasteiger partial charge in [0.25, 0.3) is 11.8 Å². The summed E-state index contributed by atoms with van der Waals surface area (Å²) in [6, 6.07) is 41.2. The first kappa shape index (κ1) is 49.2. The molecule has 68 heavy (non-hydrogen) atoms. The molecule has 2 saturated carbocycles. The average Bonchev–Trinajstić information content (AvgIpc) is 4.25. The Kier molecular flexibility index (Phi) is 16.2. The van der Waals surface area contributed by atoms with E-state index < -0.39 is 11.9 Å². The van der Waals surface area contributed by atoms with E-state index in [1.807, 2.05) is 74.5 Å². The molecule has 4 aromatic carbocycles. The molecule has 356 valence electrons. The summed E-state index contributed by atoms with van der Waals surface area (Å²) in [4.78, 5) is 49.3. The number of rotatable bonds is 20. The Labute approximate surface area is 401 Å². The summed E-state index contributed by atoms with van der Waals surface area (Å²) in [6.45, 7) is 12.5. The van der Waals surface area contributed by atoms with Gasteiger partial charge in [-0.2, -0.15) is 0 Å². The number of hydrogen-bond acceptors (Lipinski definition) is 4. The van der Waals surface area contributed by atoms with Gasteiger partial charge in [0.2, 0.25) is 0 Å². The highest BCUT2D eigenvalue weighted by Crippen LogP contribution is 2.49. The summed E-state index contributed by atoms with van der Waals surface area (Å²) in [5.74, 6) is -2.30. The van der Waals surface area contributed by atoms with Crippen molar-refractivity contribution < 1.29 is 29.4 Å². The van der Waals surface area contributed by atoms with Gasteiger partial charge in [0.05, 0.1) is 11.8 Å². The van der Waals surface area contributed by atoms with E-state index in [0.29, 0.717) is 24.2 Å². The lowest BCUT2D eigenvalue weighted by molar-refractivity contribution is -0.139. The Morgan fingerprint density at radius 3 is 1.26 bits per heavy atom. The van der Waals surface area contributed by atoms with Crippen molar-refractivity contribution in [2.75, 3.05) is 10.6 Å². The van der Waals surface area contributed by atoms with E-state index >= 15 is 0 Å². The fraction of sp³-hybridized carbons (Fsp3) is 0.379. The predicted octanol–water partition coefficient (Wildman–Crippen LogP) is 12.8. The molecular weight excluding hydrogens is 849 g/mol. The van der Waals surface area contributed by atoms with E-state index in [9.17, 15) is 29.4 Å². The number of hydrogen-bond donors (Lipinski definition) is 4. The Morgan fingerprint density at radius 2 is 0.926 bits per heavy atom. The van der Waals surface area contributed by atoms with Crippen LogP contribution in [-0.4, -0.2) is 43.1 Å². The van der Waals surface area contributed by atoms with E-state index in [4.69, 9.17) is 0 Å². The summed E-state index contributed by atoms with van der Waals surface area (Å²) in [5.41, 5.74) is 11.8. The van der Waals surface area contributed by atoms with E-state index in [-0.39, 0.29) is 47.6 Å². The molecule has 2 fully saturated rings. The third-order valence-corrected chi connectivity index (χ3v) is 14.1. The van der Waals surface area contributed by atoms with Crippen molar-refractivity contribution in [1.29, 1.82) is 0 Å². The van der Waals surface area contributed by atoms with Crippen LogP contribution in [-0.2, 0) is 35.3 Å². The van der Waals surface area contributed by atoms with Gasteiger partial charge in [0.15, 0.2) is 0 Å². The number of aromatic nitrogens is 2. The first-order valence-electron chi connectivity index (χ1n) is 24.5. The summed E-state index contributed by atoms with van der Waals surface area (Å²) in [6.07, 6.45) is 9.11. The topological polar surface area (TPSA) is 143 Å². The van der Waals surface area contributed by atoms with Crippen LogP contribution >= 0.6 is 0 Å². The molecular formula is C58H68N4O6. The zero-order valence-electron chi connectivity index (χ0n) is 40.5. The number of carbonyl (C=O) groups excluding carboxylic acids is 2. The minimum atomic E-state index is -0.748. The standard InChI is InChI=1S/2C29H34N2O3/c2*1-4-20(3)31-23(12-8-11-21-9-6-5-7-10-21)15-16-27(31)28(32)30-26-17-22(14-13-19(26)2)24-18-25(24)29(33)34/h2*5-7,9-10,13-17,20,24-25H,4,8,11-12,18H2,1-3H3,(H,30,32)(H,33,34)/t2*20?,24-,25-/m10/s1. The van der Waals surface area contributed by atoms with Crippen molar-refractivity contribution in [3.8, 4) is 0 Å². The Balaban J connectivity index is 0.000000201. The van der Waals surface area contributed by atoms with Crippen LogP contribution in [0.4, 0.5) is 11.4 Å². The monoisotopic (exact) mass is 917 g/mol. The maximum atomic E-state index is 13.4. The van der Waals surface area contributed by atoms with Crippen molar-refractivity contribution in [1.82, 2.24) is 9.13 Å². The van der Waals surface area contributed by atoms with Crippen molar-refractivity contribution in [3.63, 3.8) is 0 Å². The summed E-state index contributed by atoms with van der Waals surface area (Å²) in [5, 5.41) is 24.7. The fourth-order valence-electron chi connectivity index (χ4n) is 9.46. The Morgan fingerprint density at radius 1 is 0.544 bits per heavy atom. The molecule has 0 spiro atoms. The van der Waals surface area contributed by atoms with E-state index in [2.05, 4.69) is 108 Å². The molecule has 6 atom stereocenters. The molecule has 2 unspecified atom stereocenters. The van der Waals surface area contributed by atoms with Crippen LogP contribution in [0.3, 0.4) is 0 Å². The molecule has 10 heteroatoms. The molecule has 0 saturated heterocycles. The van der Waals surface area contributed by atoms with E-state index in [1.54, 1.807) is 0 Å². The van der Waals surface area contributed by atoms with Crippen LogP contribution in [0.2, 0.25) is 0 Å². The normalized spacial score (nSPS) is 17.9. The lowest BCUT2D eigenvalue weighted by atomic mass is 10.0. The summed E-state index contributed by atoms with van der Waals surface area (Å²) in [7, 11) is 0. The molecule has 2 heterocycles. The van der Waals surface area contributed by atoms with Crippen molar-refractivity contribution in [2.24, 2.45) is 11.8 Å². The van der Waals surface area contributed by atoms with Gasteiger partial charge in [0.1, 0.15) is 11.4 Å². The van der Waals surface area contributed by atoms with Gasteiger partial charge < -0.3 is 30.0 Å². The lowest BCUT2D eigenvalue weighted by Crippen LogP contribution is -2.21. The van der Waals surface area contributed by atoms with Gasteiger partial charge >= 0.3 is 11.9 Å². The van der Waals surface area contributed by atoms with Gasteiger partial charge in [-0.25, -0.2) is 0 Å². The summed E-state index contributed by atoms with van der Waals surface area (Å²) >= 11 is 0. The van der Waals surface area contributed by atoms with Crippen molar-refractivity contribution >= 4 is 35.1 Å². The van der Waals surface area contributed by atoms with Crippen LogP contribution in [0.1, 0.15) is 156 Å². The van der Waals surface area contributed by atoms with Gasteiger partial charge in [-0.15, -0.1) is 0 Å². The molecule has 6 aromatic rings. The second kappa shape index (κ2) is 22.4. The maximum absolute atomic E-state index is 13.4. The fourth-order valence-corrected chi connectivity index (χ4v) is 9.46. The minimum absolute atomic E-state index is 0.0361. The molecule has 2 amide bonds. The molecule has 10 nitrogen and oxygen atoms in total. The second-order valence-electron chi connectivity index (χ2n) is 19.0. The second-order valence-corrected chi connectivity index (χ2v) is 19.0. The molecule has 4 N–H and O–H groups in total. The number of amides is 2. The average molecular weight is 917 g/mol. The highest BCUT2D eigenvalue weighted by molar-refractivity contribution is 6.04. The highest BCUT2D eigenvalue weighted by atomic mass is 16.4. The molecule has 0 radical (unpaired) electrons. The predicted molar refractivity (Wildman–Crippen MR) is 271 cm³/mol. The molecule has 0 aliphatic heterocycles. The van der Waals surface area contributed by atoms with Gasteiger partial charge in [-0.05, 0) is 174 Å². The van der Waals surface area contributed by atoms with Crippen LogP contribution < -0.4 is 10.6 Å². The van der Waals surface area contributed by atoms with Crippen LogP contribution in [0.15, 0.2) is 121 Å². The molecule has 8 rings (SSSR count). The summed E-state index contributed by atoms with van der Waals surface area (Å²) < 4.78 is 4.36. The van der Waals surface area contributed by atoms with E-state index in [0.717, 1.165) is 85.0 Å². The third kappa shape index (κ3) is 12.1. The number of carboxylic acids is 2. The molecule has 2 aromatic heterocycles.